The molecule has 1 heterocycles. The topological polar surface area (TPSA) is 66.9 Å². The van der Waals surface area contributed by atoms with Gasteiger partial charge in [-0.1, -0.05) is 23.2 Å². The number of nitrogens with zero attached hydrogens (tertiary/aromatic N) is 2. The van der Waals surface area contributed by atoms with Crippen LogP contribution in [0.1, 0.15) is 18.4 Å². The first-order chi connectivity index (χ1) is 15.9. The van der Waals surface area contributed by atoms with Crippen molar-refractivity contribution in [3.8, 4) is 0 Å². The van der Waals surface area contributed by atoms with Crippen LogP contribution in [0.4, 0.5) is 18.9 Å². The van der Waals surface area contributed by atoms with Gasteiger partial charge in [0.25, 0.3) is 10.0 Å². The molecule has 0 radical (unpaired) electrons. The molecule has 1 aliphatic heterocycles. The van der Waals surface area contributed by atoms with Crippen molar-refractivity contribution in [2.75, 3.05) is 37.7 Å². The number of methoxy groups -OCH3 is 1. The number of amides is 1. The maximum atomic E-state index is 13.5. The summed E-state index contributed by atoms with van der Waals surface area (Å²) in [6.07, 6.45) is -3.18. The number of piperidine rings is 1. The van der Waals surface area contributed by atoms with E-state index in [1.54, 1.807) is 7.11 Å². The molecule has 0 N–H and O–H groups in total. The van der Waals surface area contributed by atoms with Crippen LogP contribution in [0.25, 0.3) is 0 Å². The van der Waals surface area contributed by atoms with Crippen LogP contribution in [0.3, 0.4) is 0 Å². The second-order valence-electron chi connectivity index (χ2n) is 7.93. The van der Waals surface area contributed by atoms with Gasteiger partial charge < -0.3 is 9.64 Å². The summed E-state index contributed by atoms with van der Waals surface area (Å²) in [7, 11) is -2.91. The normalized spacial score (nSPS) is 17.0. The molecule has 1 fully saturated rings. The number of hydrogen-bond donors (Lipinski definition) is 0. The number of rotatable bonds is 7. The van der Waals surface area contributed by atoms with E-state index < -0.39 is 39.9 Å². The van der Waals surface area contributed by atoms with E-state index >= 15 is 0 Å². The van der Waals surface area contributed by atoms with Gasteiger partial charge in [-0.15, -0.1) is 0 Å². The molecule has 186 valence electrons. The van der Waals surface area contributed by atoms with Crippen LogP contribution >= 0.6 is 23.2 Å². The van der Waals surface area contributed by atoms with Gasteiger partial charge in [-0.05, 0) is 61.2 Å². The molecule has 6 nitrogen and oxygen atoms in total. The van der Waals surface area contributed by atoms with Crippen molar-refractivity contribution in [3.63, 3.8) is 0 Å². The molecule has 3 rings (SSSR count). The first-order valence-electron chi connectivity index (χ1n) is 10.3. The van der Waals surface area contributed by atoms with Crippen LogP contribution in [-0.4, -0.2) is 52.6 Å². The van der Waals surface area contributed by atoms with Crippen LogP contribution in [0.5, 0.6) is 0 Å². The van der Waals surface area contributed by atoms with Gasteiger partial charge in [-0.3, -0.25) is 9.10 Å². The molecule has 2 aromatic carbocycles. The van der Waals surface area contributed by atoms with Crippen molar-refractivity contribution in [2.24, 2.45) is 5.92 Å². The maximum Gasteiger partial charge on any atom is 0.416 e. The third kappa shape index (κ3) is 6.16. The van der Waals surface area contributed by atoms with Crippen LogP contribution in [0.2, 0.25) is 10.0 Å². The standard InChI is InChI=1S/C22H23Cl2F3N2O4S/c1-33-14-15-3-2-10-28(12-15)21(30)13-29(34(31,32)18-7-5-17(23)6-8-18)20-11-16(22(25,26)27)4-9-19(20)24/h4-9,11,15H,2-3,10,12-14H2,1H3. The van der Waals surface area contributed by atoms with Crippen molar-refractivity contribution in [3.05, 3.63) is 58.1 Å². The van der Waals surface area contributed by atoms with E-state index in [-0.39, 0.29) is 20.9 Å². The van der Waals surface area contributed by atoms with E-state index in [1.807, 2.05) is 0 Å². The van der Waals surface area contributed by atoms with Gasteiger partial charge in [0.05, 0.1) is 27.8 Å². The average Bonchev–Trinajstić information content (AvgIpc) is 2.78. The van der Waals surface area contributed by atoms with E-state index in [0.717, 1.165) is 18.6 Å². The fourth-order valence-electron chi connectivity index (χ4n) is 3.80. The Balaban J connectivity index is 2.03. The van der Waals surface area contributed by atoms with E-state index in [1.165, 1.54) is 29.2 Å². The lowest BCUT2D eigenvalue weighted by atomic mass is 9.99. The monoisotopic (exact) mass is 538 g/mol. The number of benzene rings is 2. The lowest BCUT2D eigenvalue weighted by molar-refractivity contribution is -0.137. The minimum atomic E-state index is -4.74. The van der Waals surface area contributed by atoms with E-state index in [2.05, 4.69) is 0 Å². The molecule has 1 saturated heterocycles. The molecule has 0 saturated carbocycles. The Morgan fingerprint density at radius 2 is 1.85 bits per heavy atom. The largest absolute Gasteiger partial charge is 0.416 e. The van der Waals surface area contributed by atoms with Gasteiger partial charge in [0.15, 0.2) is 0 Å². The zero-order chi connectivity index (χ0) is 25.1. The second-order valence-corrected chi connectivity index (χ2v) is 10.6. The summed E-state index contributed by atoms with van der Waals surface area (Å²) in [4.78, 5) is 14.4. The highest BCUT2D eigenvalue weighted by Gasteiger charge is 2.35. The number of likely N-dealkylation sites (tertiary alicyclic amines) is 1. The molecule has 2 aromatic rings. The third-order valence-electron chi connectivity index (χ3n) is 5.50. The molecule has 1 aliphatic rings. The SMILES string of the molecule is COCC1CCCN(C(=O)CN(c2cc(C(F)(F)F)ccc2Cl)S(=O)(=O)c2ccc(Cl)cc2)C1. The summed E-state index contributed by atoms with van der Waals surface area (Å²) in [6, 6.07) is 7.44. The first kappa shape index (κ1) is 26.6. The first-order valence-corrected chi connectivity index (χ1v) is 12.5. The Labute approximate surface area is 206 Å². The number of carbonyl (C=O) groups excluding carboxylic acids is 1. The van der Waals surface area contributed by atoms with E-state index in [4.69, 9.17) is 27.9 Å². The number of hydrogen-bond acceptors (Lipinski definition) is 4. The minimum absolute atomic E-state index is 0.0844. The van der Waals surface area contributed by atoms with Gasteiger partial charge in [0.2, 0.25) is 5.91 Å². The molecule has 0 bridgehead atoms. The lowest BCUT2D eigenvalue weighted by Crippen LogP contribution is -2.47. The molecule has 1 amide bonds. The van der Waals surface area contributed by atoms with Crippen LogP contribution in [0.15, 0.2) is 47.4 Å². The summed E-state index contributed by atoms with van der Waals surface area (Å²) in [5, 5.41) is 0.0328. The number of anilines is 1. The summed E-state index contributed by atoms with van der Waals surface area (Å²) in [5.74, 6) is -0.465. The van der Waals surface area contributed by atoms with Crippen molar-refractivity contribution < 1.29 is 31.1 Å². The van der Waals surface area contributed by atoms with Crippen molar-refractivity contribution in [1.29, 1.82) is 0 Å². The lowest BCUT2D eigenvalue weighted by Gasteiger charge is -2.34. The Morgan fingerprint density at radius 1 is 1.18 bits per heavy atom. The van der Waals surface area contributed by atoms with Crippen LogP contribution in [0, 0.1) is 5.92 Å². The van der Waals surface area contributed by atoms with E-state index in [0.29, 0.717) is 36.5 Å². The van der Waals surface area contributed by atoms with Gasteiger partial charge in [-0.2, -0.15) is 13.2 Å². The molecule has 0 spiro atoms. The summed E-state index contributed by atoms with van der Waals surface area (Å²) in [5.41, 5.74) is -1.53. The number of sulfonamides is 1. The van der Waals surface area contributed by atoms with Crippen LogP contribution < -0.4 is 4.31 Å². The van der Waals surface area contributed by atoms with Crippen molar-refractivity contribution in [2.45, 2.75) is 23.9 Å². The molecule has 12 heteroatoms. The fourth-order valence-corrected chi connectivity index (χ4v) is 5.62. The Bertz CT molecular complexity index is 1130. The summed E-state index contributed by atoms with van der Waals surface area (Å²) < 4.78 is 72.9. The molecule has 0 aromatic heterocycles. The summed E-state index contributed by atoms with van der Waals surface area (Å²) in [6.45, 7) is 0.490. The maximum absolute atomic E-state index is 13.5. The van der Waals surface area contributed by atoms with Crippen LogP contribution in [-0.2, 0) is 25.7 Å². The smallest absolute Gasteiger partial charge is 0.384 e. The molecule has 1 unspecified atom stereocenters. The Morgan fingerprint density at radius 3 is 2.47 bits per heavy atom. The number of ether oxygens (including phenoxy) is 1. The van der Waals surface area contributed by atoms with Gasteiger partial charge in [0, 0.05) is 25.2 Å². The quantitative estimate of drug-likeness (QED) is 0.492. The van der Waals surface area contributed by atoms with Gasteiger partial charge in [-0.25, -0.2) is 8.42 Å². The predicted octanol–water partition coefficient (Wildman–Crippen LogP) is 5.09. The van der Waals surface area contributed by atoms with Gasteiger partial charge in [0.1, 0.15) is 6.54 Å². The van der Waals surface area contributed by atoms with Crippen molar-refractivity contribution in [1.82, 2.24) is 4.90 Å². The highest BCUT2D eigenvalue weighted by atomic mass is 35.5. The van der Waals surface area contributed by atoms with Crippen molar-refractivity contribution >= 4 is 44.8 Å². The molecule has 0 aliphatic carbocycles. The molecule has 1 atom stereocenters. The molecular formula is C22H23Cl2F3N2O4S. The van der Waals surface area contributed by atoms with E-state index in [9.17, 15) is 26.4 Å². The number of halogens is 5. The fraction of sp³-hybridized carbons (Fsp3) is 0.409. The highest BCUT2D eigenvalue weighted by Crippen LogP contribution is 2.37. The second kappa shape index (κ2) is 10.7. The zero-order valence-electron chi connectivity index (χ0n) is 18.2. The predicted molar refractivity (Wildman–Crippen MR) is 124 cm³/mol. The minimum Gasteiger partial charge on any atom is -0.384 e. The zero-order valence-corrected chi connectivity index (χ0v) is 20.5. The highest BCUT2D eigenvalue weighted by molar-refractivity contribution is 7.92. The Hall–Kier alpha value is -2.01. The average molecular weight is 539 g/mol. The molecule has 34 heavy (non-hydrogen) atoms. The summed E-state index contributed by atoms with van der Waals surface area (Å²) >= 11 is 12.0. The Kier molecular flexibility index (Phi) is 8.38. The molecular weight excluding hydrogens is 516 g/mol. The third-order valence-corrected chi connectivity index (χ3v) is 7.84. The number of alkyl halides is 3. The van der Waals surface area contributed by atoms with Gasteiger partial charge >= 0.3 is 6.18 Å². The number of carbonyl (C=O) groups is 1.